The maximum absolute atomic E-state index is 13.5. The van der Waals surface area contributed by atoms with E-state index >= 15 is 0 Å². The number of hydrogen-bond donors (Lipinski definition) is 2. The van der Waals surface area contributed by atoms with E-state index in [0.717, 1.165) is 30.6 Å². The molecule has 0 unspecified atom stereocenters. The van der Waals surface area contributed by atoms with Crippen LogP contribution in [-0.4, -0.2) is 16.8 Å². The number of ether oxygens (including phenoxy) is 1. The van der Waals surface area contributed by atoms with Gasteiger partial charge >= 0.3 is 0 Å². The van der Waals surface area contributed by atoms with E-state index in [-0.39, 0.29) is 28.9 Å². The number of aromatic hydroxyl groups is 2. The lowest BCUT2D eigenvalue weighted by atomic mass is 9.91. The zero-order chi connectivity index (χ0) is 30.6. The first-order chi connectivity index (χ1) is 20.1. The van der Waals surface area contributed by atoms with Crippen molar-refractivity contribution in [2.24, 2.45) is 17.8 Å². The Labute approximate surface area is 250 Å². The van der Waals surface area contributed by atoms with E-state index in [1.807, 2.05) is 6.08 Å². The highest BCUT2D eigenvalue weighted by molar-refractivity contribution is 5.88. The van der Waals surface area contributed by atoms with Crippen LogP contribution in [0.2, 0.25) is 0 Å². The van der Waals surface area contributed by atoms with Crippen molar-refractivity contribution in [3.8, 4) is 22.8 Å². The van der Waals surface area contributed by atoms with E-state index in [0.29, 0.717) is 12.2 Å². The smallest absolute Gasteiger partial charge is 0.202 e. The maximum atomic E-state index is 13.5. The molecule has 0 aliphatic rings. The Bertz CT molecular complexity index is 1360. The normalized spacial score (nSPS) is 13.6. The highest BCUT2D eigenvalue weighted by atomic mass is 19.1. The van der Waals surface area contributed by atoms with Crippen LogP contribution in [0.25, 0.3) is 22.3 Å². The van der Waals surface area contributed by atoms with Crippen molar-refractivity contribution < 1.29 is 23.8 Å². The van der Waals surface area contributed by atoms with E-state index in [1.54, 1.807) is 0 Å². The zero-order valence-corrected chi connectivity index (χ0v) is 26.0. The molecule has 5 nitrogen and oxygen atoms in total. The lowest BCUT2D eigenvalue weighted by Gasteiger charge is -2.15. The van der Waals surface area contributed by atoms with Gasteiger partial charge in [0.25, 0.3) is 0 Å². The molecule has 0 aliphatic carbocycles. The third kappa shape index (κ3) is 10.0. The Hall–Kier alpha value is -3.12. The molecule has 0 spiro atoms. The number of halogens is 1. The molecule has 1 heterocycles. The van der Waals surface area contributed by atoms with Crippen LogP contribution < -0.4 is 5.43 Å². The van der Waals surface area contributed by atoms with Gasteiger partial charge in [0.15, 0.2) is 11.5 Å². The number of phenolic OH excluding ortho intramolecular Hbond substituents is 2. The van der Waals surface area contributed by atoms with Gasteiger partial charge in [-0.25, -0.2) is 4.39 Å². The molecule has 42 heavy (non-hydrogen) atoms. The largest absolute Gasteiger partial charge is 0.504 e. The van der Waals surface area contributed by atoms with E-state index in [9.17, 15) is 19.4 Å². The number of phenols is 2. The topological polar surface area (TPSA) is 79.9 Å². The third-order valence-electron chi connectivity index (χ3n) is 8.15. The van der Waals surface area contributed by atoms with Gasteiger partial charge in [0.2, 0.25) is 5.43 Å². The molecule has 230 valence electrons. The number of rotatable bonds is 17. The number of hydrogen-bond acceptors (Lipinski definition) is 5. The lowest BCUT2D eigenvalue weighted by molar-refractivity contribution is 0.147. The highest BCUT2D eigenvalue weighted by Gasteiger charge is 2.20. The standard InChI is InChI=1S/C36H49FO5/c1-24(2)9-6-10-25(3)11-7-12-26(4)13-8-14-27(5)21-22-41-23-30-34(39)33-32(20-19-31(38)35(33)40)42-36(30)28-15-17-29(37)18-16-28/h15-21,24-26,38,40H,6-14,22-23H2,1-5H3/t25-,26-/m1/s1. The first-order valence-corrected chi connectivity index (χ1v) is 15.6. The molecule has 0 fully saturated rings. The Morgan fingerprint density at radius 1 is 0.905 bits per heavy atom. The van der Waals surface area contributed by atoms with Crippen molar-refractivity contribution in [3.05, 3.63) is 69.7 Å². The van der Waals surface area contributed by atoms with Gasteiger partial charge in [-0.3, -0.25) is 4.79 Å². The van der Waals surface area contributed by atoms with Crippen LogP contribution >= 0.6 is 0 Å². The van der Waals surface area contributed by atoms with Gasteiger partial charge in [-0.1, -0.05) is 84.3 Å². The fourth-order valence-electron chi connectivity index (χ4n) is 5.43. The summed E-state index contributed by atoms with van der Waals surface area (Å²) in [4.78, 5) is 13.4. The van der Waals surface area contributed by atoms with Crippen molar-refractivity contribution in [3.63, 3.8) is 0 Å². The first kappa shape index (κ1) is 33.4. The molecule has 0 saturated heterocycles. The molecule has 3 aromatic rings. The van der Waals surface area contributed by atoms with E-state index < -0.39 is 22.7 Å². The molecule has 2 atom stereocenters. The van der Waals surface area contributed by atoms with Gasteiger partial charge in [0.05, 0.1) is 18.8 Å². The predicted octanol–water partition coefficient (Wildman–Crippen LogP) is 9.91. The fourth-order valence-corrected chi connectivity index (χ4v) is 5.43. The summed E-state index contributed by atoms with van der Waals surface area (Å²) in [6, 6.07) is 8.33. The van der Waals surface area contributed by atoms with Gasteiger partial charge in [-0.2, -0.15) is 0 Å². The first-order valence-electron chi connectivity index (χ1n) is 15.6. The second-order valence-corrected chi connectivity index (χ2v) is 12.5. The van der Waals surface area contributed by atoms with Crippen LogP contribution in [0, 0.1) is 23.6 Å². The van der Waals surface area contributed by atoms with Crippen LogP contribution in [0.3, 0.4) is 0 Å². The average Bonchev–Trinajstić information content (AvgIpc) is 2.94. The third-order valence-corrected chi connectivity index (χ3v) is 8.15. The second-order valence-electron chi connectivity index (χ2n) is 12.5. The van der Waals surface area contributed by atoms with Crippen LogP contribution in [0.5, 0.6) is 11.5 Å². The predicted molar refractivity (Wildman–Crippen MR) is 169 cm³/mol. The Balaban J connectivity index is 1.51. The van der Waals surface area contributed by atoms with E-state index in [1.165, 1.54) is 86.9 Å². The van der Waals surface area contributed by atoms with E-state index in [4.69, 9.17) is 9.15 Å². The molecular formula is C36H49FO5. The SMILES string of the molecule is CC(=CCOCc1c(-c2ccc(F)cc2)oc2ccc(O)c(O)c2c1=O)CCC[C@H](C)CCC[C@H](C)CCCC(C)C. The lowest BCUT2D eigenvalue weighted by Crippen LogP contribution is -2.13. The quantitative estimate of drug-likeness (QED) is 0.0943. The van der Waals surface area contributed by atoms with Crippen molar-refractivity contribution in [2.75, 3.05) is 6.61 Å². The van der Waals surface area contributed by atoms with Gasteiger partial charge in [-0.15, -0.1) is 0 Å². The van der Waals surface area contributed by atoms with Crippen molar-refractivity contribution >= 4 is 11.0 Å². The van der Waals surface area contributed by atoms with Crippen LogP contribution in [0.4, 0.5) is 4.39 Å². The molecule has 2 N–H and O–H groups in total. The molecule has 2 aromatic carbocycles. The van der Waals surface area contributed by atoms with E-state index in [2.05, 4.69) is 34.6 Å². The van der Waals surface area contributed by atoms with Crippen molar-refractivity contribution in [2.45, 2.75) is 99.0 Å². The van der Waals surface area contributed by atoms with Crippen molar-refractivity contribution in [1.29, 1.82) is 0 Å². The Morgan fingerprint density at radius 2 is 1.52 bits per heavy atom. The number of allylic oxidation sites excluding steroid dienone is 1. The van der Waals surface area contributed by atoms with Gasteiger partial charge in [-0.05, 0) is 73.9 Å². The molecule has 0 bridgehead atoms. The monoisotopic (exact) mass is 580 g/mol. The van der Waals surface area contributed by atoms with Crippen LogP contribution in [0.1, 0.15) is 98.0 Å². The fraction of sp³-hybridized carbons (Fsp3) is 0.528. The Kier molecular flexibility index (Phi) is 13.1. The summed E-state index contributed by atoms with van der Waals surface area (Å²) >= 11 is 0. The minimum absolute atomic E-state index is 0.0587. The molecule has 6 heteroatoms. The molecule has 3 rings (SSSR count). The average molecular weight is 581 g/mol. The molecule has 0 saturated carbocycles. The highest BCUT2D eigenvalue weighted by Crippen LogP contribution is 2.35. The van der Waals surface area contributed by atoms with Crippen LogP contribution in [0.15, 0.2) is 57.3 Å². The summed E-state index contributed by atoms with van der Waals surface area (Å²) in [6.07, 6.45) is 13.4. The molecular weight excluding hydrogens is 531 g/mol. The Morgan fingerprint density at radius 3 is 2.17 bits per heavy atom. The summed E-state index contributed by atoms with van der Waals surface area (Å²) in [7, 11) is 0. The van der Waals surface area contributed by atoms with Crippen LogP contribution in [-0.2, 0) is 11.3 Å². The molecule has 0 aliphatic heterocycles. The minimum Gasteiger partial charge on any atom is -0.504 e. The van der Waals surface area contributed by atoms with Gasteiger partial charge in [0, 0.05) is 5.56 Å². The maximum Gasteiger partial charge on any atom is 0.202 e. The summed E-state index contributed by atoms with van der Waals surface area (Å²) in [5, 5.41) is 20.2. The summed E-state index contributed by atoms with van der Waals surface area (Å²) < 4.78 is 25.4. The summed E-state index contributed by atoms with van der Waals surface area (Å²) in [6.45, 7) is 11.7. The molecule has 1 aromatic heterocycles. The van der Waals surface area contributed by atoms with Crippen molar-refractivity contribution in [1.82, 2.24) is 0 Å². The second kappa shape index (κ2) is 16.5. The van der Waals surface area contributed by atoms with Gasteiger partial charge in [0.1, 0.15) is 22.5 Å². The summed E-state index contributed by atoms with van der Waals surface area (Å²) in [5.41, 5.74) is 1.59. The molecule has 0 amide bonds. The number of benzene rings is 2. The minimum atomic E-state index is -0.533. The molecule has 0 radical (unpaired) electrons. The number of fused-ring (bicyclic) bond motifs is 1. The van der Waals surface area contributed by atoms with Gasteiger partial charge < -0.3 is 19.4 Å². The zero-order valence-electron chi connectivity index (χ0n) is 26.0. The summed E-state index contributed by atoms with van der Waals surface area (Å²) in [5.74, 6) is 1.26.